The van der Waals surface area contributed by atoms with Crippen LogP contribution < -0.4 is 0 Å². The first-order valence-electron chi connectivity index (χ1n) is 2.91. The third-order valence-corrected chi connectivity index (χ3v) is 3.30. The Bertz CT molecular complexity index is 295. The summed E-state index contributed by atoms with van der Waals surface area (Å²) in [5, 5.41) is -0.0822. The number of rotatable bonds is 0. The van der Waals surface area contributed by atoms with Crippen LogP contribution in [0.3, 0.4) is 0 Å². The van der Waals surface area contributed by atoms with Gasteiger partial charge in [-0.25, -0.2) is 0 Å². The first kappa shape index (κ1) is 6.31. The zero-order chi connectivity index (χ0) is 7.14. The van der Waals surface area contributed by atoms with Gasteiger partial charge in [-0.3, -0.25) is 0 Å². The van der Waals surface area contributed by atoms with Crippen molar-refractivity contribution >= 4 is 32.1 Å². The van der Waals surface area contributed by atoms with Crippen LogP contribution in [0.4, 0.5) is 4.39 Å². The van der Waals surface area contributed by atoms with Crippen molar-refractivity contribution in [2.45, 2.75) is 6.92 Å². The molecular weight excluding hydrogens is 167 g/mol. The van der Waals surface area contributed by atoms with Crippen molar-refractivity contribution in [1.29, 1.82) is 0 Å². The highest BCUT2D eigenvalue weighted by atomic mass is 32.1. The highest BCUT2D eigenvalue weighted by Gasteiger charge is 2.02. The van der Waals surface area contributed by atoms with Crippen LogP contribution >= 0.6 is 22.7 Å². The number of fused-ring (bicyclic) bond motifs is 1. The van der Waals surface area contributed by atoms with Crippen molar-refractivity contribution in [2.75, 3.05) is 0 Å². The van der Waals surface area contributed by atoms with Gasteiger partial charge < -0.3 is 0 Å². The van der Waals surface area contributed by atoms with Crippen LogP contribution in [0.5, 0.6) is 0 Å². The summed E-state index contributed by atoms with van der Waals surface area (Å²) in [6, 6.07) is 3.62. The molecule has 0 atom stereocenters. The summed E-state index contributed by atoms with van der Waals surface area (Å²) in [4.78, 5) is 1.25. The molecule has 2 heterocycles. The Hall–Kier alpha value is -0.410. The van der Waals surface area contributed by atoms with E-state index in [1.807, 2.05) is 13.0 Å². The van der Waals surface area contributed by atoms with Gasteiger partial charge in [0.1, 0.15) is 0 Å². The van der Waals surface area contributed by atoms with Crippen molar-refractivity contribution in [2.24, 2.45) is 0 Å². The van der Waals surface area contributed by atoms with Crippen LogP contribution in [0.15, 0.2) is 12.1 Å². The number of hydrogen-bond acceptors (Lipinski definition) is 2. The summed E-state index contributed by atoms with van der Waals surface area (Å²) in [7, 11) is 0. The van der Waals surface area contributed by atoms with Crippen molar-refractivity contribution in [3.05, 3.63) is 22.1 Å². The Morgan fingerprint density at radius 2 is 1.90 bits per heavy atom. The van der Waals surface area contributed by atoms with Crippen molar-refractivity contribution in [3.8, 4) is 0 Å². The van der Waals surface area contributed by atoms with E-state index in [9.17, 15) is 4.39 Å². The summed E-state index contributed by atoms with van der Waals surface area (Å²) in [5.41, 5.74) is 0. The second kappa shape index (κ2) is 2.04. The molecule has 0 aliphatic carbocycles. The highest BCUT2D eigenvalue weighted by molar-refractivity contribution is 7.27. The van der Waals surface area contributed by atoms with Crippen LogP contribution in [0.1, 0.15) is 4.88 Å². The summed E-state index contributed by atoms with van der Waals surface area (Å²) in [6.07, 6.45) is 0. The second-order valence-corrected chi connectivity index (χ2v) is 4.46. The molecule has 0 fully saturated rings. The van der Waals surface area contributed by atoms with E-state index in [1.165, 1.54) is 16.2 Å². The fraction of sp³-hybridized carbons (Fsp3) is 0.143. The van der Waals surface area contributed by atoms with Gasteiger partial charge in [0, 0.05) is 20.3 Å². The van der Waals surface area contributed by atoms with E-state index in [-0.39, 0.29) is 5.13 Å². The first-order valence-corrected chi connectivity index (χ1v) is 4.54. The quantitative estimate of drug-likeness (QED) is 0.571. The van der Waals surface area contributed by atoms with Crippen LogP contribution in [-0.4, -0.2) is 0 Å². The minimum atomic E-state index is -0.0822. The van der Waals surface area contributed by atoms with E-state index < -0.39 is 0 Å². The van der Waals surface area contributed by atoms with E-state index in [1.54, 1.807) is 17.4 Å². The summed E-state index contributed by atoms with van der Waals surface area (Å²) >= 11 is 2.86. The molecule has 0 N–H and O–H groups in total. The number of halogens is 1. The second-order valence-electron chi connectivity index (χ2n) is 2.14. The normalized spacial score (nSPS) is 11.0. The Morgan fingerprint density at radius 3 is 2.60 bits per heavy atom. The van der Waals surface area contributed by atoms with Crippen LogP contribution in [-0.2, 0) is 0 Å². The van der Waals surface area contributed by atoms with Gasteiger partial charge in [0.2, 0.25) is 0 Å². The molecule has 2 aromatic rings. The maximum Gasteiger partial charge on any atom is 0.178 e. The fourth-order valence-electron chi connectivity index (χ4n) is 0.927. The maximum atomic E-state index is 12.5. The molecule has 0 saturated carbocycles. The van der Waals surface area contributed by atoms with Gasteiger partial charge in [-0.1, -0.05) is 0 Å². The van der Waals surface area contributed by atoms with Gasteiger partial charge in [0.05, 0.1) is 0 Å². The molecule has 10 heavy (non-hydrogen) atoms. The monoisotopic (exact) mass is 172 g/mol. The molecule has 2 rings (SSSR count). The topological polar surface area (TPSA) is 0 Å². The van der Waals surface area contributed by atoms with Crippen LogP contribution in [0.2, 0.25) is 0 Å². The van der Waals surface area contributed by atoms with E-state index in [0.29, 0.717) is 0 Å². The molecule has 2 aromatic heterocycles. The lowest BCUT2D eigenvalue weighted by atomic mass is 10.5. The zero-order valence-corrected chi connectivity index (χ0v) is 6.98. The lowest BCUT2D eigenvalue weighted by molar-refractivity contribution is 0.658. The van der Waals surface area contributed by atoms with E-state index in [4.69, 9.17) is 0 Å². The molecule has 0 saturated heterocycles. The third kappa shape index (κ3) is 0.859. The largest absolute Gasteiger partial charge is 0.195 e. The number of aryl methyl sites for hydroxylation is 1. The smallest absolute Gasteiger partial charge is 0.178 e. The lowest BCUT2D eigenvalue weighted by Gasteiger charge is -1.72. The number of thiophene rings is 2. The molecule has 0 amide bonds. The predicted molar refractivity (Wildman–Crippen MR) is 44.4 cm³/mol. The van der Waals surface area contributed by atoms with Gasteiger partial charge in [0.25, 0.3) is 0 Å². The van der Waals surface area contributed by atoms with E-state index in [0.717, 1.165) is 9.40 Å². The molecule has 0 spiro atoms. The molecular formula is C7H5FS2. The van der Waals surface area contributed by atoms with Gasteiger partial charge in [-0.2, -0.15) is 4.39 Å². The Morgan fingerprint density at radius 1 is 1.20 bits per heavy atom. The molecule has 0 aromatic carbocycles. The lowest BCUT2D eigenvalue weighted by Crippen LogP contribution is -1.50. The SMILES string of the molecule is Cc1cc2sc(F)cc2s1. The zero-order valence-electron chi connectivity index (χ0n) is 5.35. The Labute approximate surface area is 65.9 Å². The minimum Gasteiger partial charge on any atom is -0.195 e. The molecule has 0 aliphatic rings. The van der Waals surface area contributed by atoms with Crippen molar-refractivity contribution in [1.82, 2.24) is 0 Å². The van der Waals surface area contributed by atoms with Gasteiger partial charge in [0.15, 0.2) is 5.13 Å². The average Bonchev–Trinajstić information content (AvgIpc) is 2.21. The summed E-state index contributed by atoms with van der Waals surface area (Å²) in [6.45, 7) is 2.04. The third-order valence-electron chi connectivity index (χ3n) is 1.30. The minimum absolute atomic E-state index is 0.0822. The first-order chi connectivity index (χ1) is 4.75. The highest BCUT2D eigenvalue weighted by Crippen LogP contribution is 2.31. The Balaban J connectivity index is 2.83. The van der Waals surface area contributed by atoms with Crippen LogP contribution in [0.25, 0.3) is 9.40 Å². The molecule has 3 heteroatoms. The van der Waals surface area contributed by atoms with Gasteiger partial charge >= 0.3 is 0 Å². The molecule has 0 nitrogen and oxygen atoms in total. The number of hydrogen-bond donors (Lipinski definition) is 0. The predicted octanol–water partition coefficient (Wildman–Crippen LogP) is 3.41. The molecule has 0 aliphatic heterocycles. The average molecular weight is 172 g/mol. The molecule has 0 radical (unpaired) electrons. The standard InChI is InChI=1S/C7H5FS2/c1-4-2-5-6(9-4)3-7(8)10-5/h2-3H,1H3. The van der Waals surface area contributed by atoms with Crippen LogP contribution in [0, 0.1) is 12.1 Å². The molecule has 0 unspecified atom stereocenters. The van der Waals surface area contributed by atoms with E-state index in [2.05, 4.69) is 0 Å². The van der Waals surface area contributed by atoms with E-state index >= 15 is 0 Å². The Kier molecular flexibility index (Phi) is 1.28. The molecule has 52 valence electrons. The van der Waals surface area contributed by atoms with Gasteiger partial charge in [-0.15, -0.1) is 22.7 Å². The van der Waals surface area contributed by atoms with Crippen molar-refractivity contribution < 1.29 is 4.39 Å². The summed E-state index contributed by atoms with van der Waals surface area (Å²) < 4.78 is 14.7. The van der Waals surface area contributed by atoms with Gasteiger partial charge in [-0.05, 0) is 13.0 Å². The maximum absolute atomic E-state index is 12.5. The van der Waals surface area contributed by atoms with Crippen molar-refractivity contribution in [3.63, 3.8) is 0 Å². The molecule has 0 bridgehead atoms. The summed E-state index contributed by atoms with van der Waals surface area (Å²) in [5.74, 6) is 0. The fourth-order valence-corrected chi connectivity index (χ4v) is 2.95.